The number of aromatic carboxylic acids is 1. The fourth-order valence-electron chi connectivity index (χ4n) is 2.90. The van der Waals surface area contributed by atoms with E-state index < -0.39 is 5.97 Å². The number of benzene rings is 2. The van der Waals surface area contributed by atoms with Gasteiger partial charge in [-0.2, -0.15) is 0 Å². The number of carboxylic acids is 1. The van der Waals surface area contributed by atoms with E-state index in [0.717, 1.165) is 20.9 Å². The van der Waals surface area contributed by atoms with Gasteiger partial charge in [0.05, 0.1) is 11.1 Å². The molecule has 0 saturated heterocycles. The third-order valence-electron chi connectivity index (χ3n) is 4.28. The van der Waals surface area contributed by atoms with Crippen molar-refractivity contribution in [2.24, 2.45) is 0 Å². The summed E-state index contributed by atoms with van der Waals surface area (Å²) in [6.45, 7) is 7.22. The Morgan fingerprint density at radius 2 is 1.75 bits per heavy atom. The Morgan fingerprint density at radius 3 is 2.33 bits per heavy atom. The van der Waals surface area contributed by atoms with Crippen LogP contribution in [-0.4, -0.2) is 15.6 Å². The minimum absolute atomic E-state index is 0.125. The molecule has 0 aliphatic rings. The maximum atomic E-state index is 11.6. The van der Waals surface area contributed by atoms with Crippen molar-refractivity contribution in [1.82, 2.24) is 4.57 Å². The summed E-state index contributed by atoms with van der Waals surface area (Å²) < 4.78 is 2.90. The van der Waals surface area contributed by atoms with Crippen molar-refractivity contribution in [3.63, 3.8) is 0 Å². The van der Waals surface area contributed by atoms with Crippen LogP contribution in [0.3, 0.4) is 0 Å². The van der Waals surface area contributed by atoms with Crippen molar-refractivity contribution in [3.8, 4) is 0 Å². The topological polar surface area (TPSA) is 42.2 Å². The lowest BCUT2D eigenvalue weighted by molar-refractivity contribution is 0.0698. The van der Waals surface area contributed by atoms with Gasteiger partial charge < -0.3 is 9.67 Å². The number of nitrogens with zero attached hydrogens (tertiary/aromatic N) is 1. The Hall–Kier alpha value is -2.07. The first kappa shape index (κ1) is 16.8. The van der Waals surface area contributed by atoms with Crippen LogP contribution in [0, 0.1) is 0 Å². The molecule has 0 aliphatic heterocycles. The van der Waals surface area contributed by atoms with Crippen LogP contribution in [0.5, 0.6) is 0 Å². The van der Waals surface area contributed by atoms with Gasteiger partial charge in [0.2, 0.25) is 0 Å². The number of carboxylic acid groups (broad SMARTS) is 1. The number of aromatic nitrogens is 1. The van der Waals surface area contributed by atoms with E-state index in [2.05, 4.69) is 61.0 Å². The lowest BCUT2D eigenvalue weighted by Gasteiger charge is -2.19. The number of hydrogen-bond donors (Lipinski definition) is 1. The van der Waals surface area contributed by atoms with Crippen LogP contribution < -0.4 is 0 Å². The van der Waals surface area contributed by atoms with E-state index in [4.69, 9.17) is 0 Å². The van der Waals surface area contributed by atoms with E-state index >= 15 is 0 Å². The number of hydrogen-bond acceptors (Lipinski definition) is 1. The van der Waals surface area contributed by atoms with Gasteiger partial charge in [0.15, 0.2) is 0 Å². The summed E-state index contributed by atoms with van der Waals surface area (Å²) in [5.41, 5.74) is 3.63. The van der Waals surface area contributed by atoms with Crippen molar-refractivity contribution in [1.29, 1.82) is 0 Å². The maximum absolute atomic E-state index is 11.6. The van der Waals surface area contributed by atoms with Crippen molar-refractivity contribution in [2.75, 3.05) is 0 Å². The molecular weight excluding hydrogens is 366 g/mol. The van der Waals surface area contributed by atoms with Crippen molar-refractivity contribution < 1.29 is 9.90 Å². The van der Waals surface area contributed by atoms with Gasteiger partial charge >= 0.3 is 5.97 Å². The number of rotatable bonds is 3. The van der Waals surface area contributed by atoms with E-state index in [9.17, 15) is 9.90 Å². The normalized spacial score (nSPS) is 11.8. The van der Waals surface area contributed by atoms with E-state index in [1.807, 2.05) is 16.8 Å². The summed E-state index contributed by atoms with van der Waals surface area (Å²) >= 11 is 3.50. The zero-order valence-electron chi connectivity index (χ0n) is 14.0. The lowest BCUT2D eigenvalue weighted by Crippen LogP contribution is -2.11. The van der Waals surface area contributed by atoms with Crippen molar-refractivity contribution in [2.45, 2.75) is 32.7 Å². The minimum atomic E-state index is -0.907. The molecule has 0 amide bonds. The molecule has 0 spiro atoms. The maximum Gasteiger partial charge on any atom is 0.337 e. The summed E-state index contributed by atoms with van der Waals surface area (Å²) in [7, 11) is 0. The van der Waals surface area contributed by atoms with Gasteiger partial charge in [0.25, 0.3) is 0 Å². The Kier molecular flexibility index (Phi) is 4.26. The fourth-order valence-corrected chi connectivity index (χ4v) is 3.35. The standard InChI is InChI=1S/C20H20BrNO2/c1-20(2,3)14-6-4-13(5-7-14)12-22-11-10-15-17(21)9-8-16(18(15)22)19(23)24/h4-11H,12H2,1-3H3,(H,23,24). The van der Waals surface area contributed by atoms with Gasteiger partial charge in [-0.3, -0.25) is 0 Å². The van der Waals surface area contributed by atoms with Gasteiger partial charge in [-0.25, -0.2) is 4.79 Å². The van der Waals surface area contributed by atoms with Crippen LogP contribution in [0.1, 0.15) is 42.3 Å². The van der Waals surface area contributed by atoms with Gasteiger partial charge in [0.1, 0.15) is 0 Å². The lowest BCUT2D eigenvalue weighted by atomic mass is 9.87. The third kappa shape index (κ3) is 3.11. The first-order chi connectivity index (χ1) is 11.3. The van der Waals surface area contributed by atoms with E-state index in [-0.39, 0.29) is 5.41 Å². The van der Waals surface area contributed by atoms with Crippen LogP contribution in [0.2, 0.25) is 0 Å². The van der Waals surface area contributed by atoms with Gasteiger partial charge in [-0.15, -0.1) is 0 Å². The number of carbonyl (C=O) groups is 1. The Bertz CT molecular complexity index is 902. The van der Waals surface area contributed by atoms with E-state index in [1.54, 1.807) is 12.1 Å². The fraction of sp³-hybridized carbons (Fsp3) is 0.250. The Balaban J connectivity index is 2.02. The Morgan fingerprint density at radius 1 is 1.08 bits per heavy atom. The summed E-state index contributed by atoms with van der Waals surface area (Å²) in [4.78, 5) is 11.6. The largest absolute Gasteiger partial charge is 0.478 e. The predicted molar refractivity (Wildman–Crippen MR) is 101 cm³/mol. The first-order valence-corrected chi connectivity index (χ1v) is 8.67. The first-order valence-electron chi connectivity index (χ1n) is 7.87. The van der Waals surface area contributed by atoms with Crippen LogP contribution >= 0.6 is 15.9 Å². The molecule has 0 fully saturated rings. The average molecular weight is 386 g/mol. The molecule has 24 heavy (non-hydrogen) atoms. The van der Waals surface area contributed by atoms with Crippen molar-refractivity contribution in [3.05, 3.63) is 69.8 Å². The second-order valence-electron chi connectivity index (χ2n) is 7.05. The molecule has 3 rings (SSSR count). The minimum Gasteiger partial charge on any atom is -0.478 e. The summed E-state index contributed by atoms with van der Waals surface area (Å²) in [6, 6.07) is 13.9. The molecule has 3 nitrogen and oxygen atoms in total. The van der Waals surface area contributed by atoms with Gasteiger partial charge in [-0.05, 0) is 34.7 Å². The van der Waals surface area contributed by atoms with Crippen LogP contribution in [-0.2, 0) is 12.0 Å². The highest BCUT2D eigenvalue weighted by atomic mass is 79.9. The molecule has 1 N–H and O–H groups in total. The number of halogens is 1. The number of fused-ring (bicyclic) bond motifs is 1. The predicted octanol–water partition coefficient (Wildman–Crippen LogP) is 5.45. The molecule has 124 valence electrons. The second-order valence-corrected chi connectivity index (χ2v) is 7.91. The molecular formula is C20H20BrNO2. The SMILES string of the molecule is CC(C)(C)c1ccc(Cn2ccc3c(Br)ccc(C(=O)O)c32)cc1. The van der Waals surface area contributed by atoms with Gasteiger partial charge in [-0.1, -0.05) is 61.0 Å². The van der Waals surface area contributed by atoms with Crippen molar-refractivity contribution >= 4 is 32.8 Å². The Labute approximate surface area is 150 Å². The zero-order valence-corrected chi connectivity index (χ0v) is 15.6. The van der Waals surface area contributed by atoms with Gasteiger partial charge in [0, 0.05) is 22.6 Å². The highest BCUT2D eigenvalue weighted by Gasteiger charge is 2.16. The smallest absolute Gasteiger partial charge is 0.337 e. The molecule has 2 aromatic carbocycles. The van der Waals surface area contributed by atoms with Crippen LogP contribution in [0.4, 0.5) is 0 Å². The summed E-state index contributed by atoms with van der Waals surface area (Å²) in [5, 5.41) is 10.4. The molecule has 0 saturated carbocycles. The molecule has 0 atom stereocenters. The molecule has 4 heteroatoms. The molecule has 0 unspecified atom stereocenters. The van der Waals surface area contributed by atoms with E-state index in [0.29, 0.717) is 12.1 Å². The highest BCUT2D eigenvalue weighted by molar-refractivity contribution is 9.10. The molecule has 0 aliphatic carbocycles. The highest BCUT2D eigenvalue weighted by Crippen LogP contribution is 2.29. The molecule has 3 aromatic rings. The molecule has 0 bridgehead atoms. The molecule has 1 heterocycles. The zero-order chi connectivity index (χ0) is 17.5. The quantitative estimate of drug-likeness (QED) is 0.651. The monoisotopic (exact) mass is 385 g/mol. The second kappa shape index (κ2) is 6.10. The van der Waals surface area contributed by atoms with Crippen LogP contribution in [0.15, 0.2) is 53.1 Å². The third-order valence-corrected chi connectivity index (χ3v) is 4.97. The van der Waals surface area contributed by atoms with Crippen LogP contribution in [0.25, 0.3) is 10.9 Å². The molecule has 1 aromatic heterocycles. The average Bonchev–Trinajstić information content (AvgIpc) is 2.92. The van der Waals surface area contributed by atoms with E-state index in [1.165, 1.54) is 5.56 Å². The summed E-state index contributed by atoms with van der Waals surface area (Å²) in [6.07, 6.45) is 1.94. The summed E-state index contributed by atoms with van der Waals surface area (Å²) in [5.74, 6) is -0.907. The molecule has 0 radical (unpaired) electrons.